The Labute approximate surface area is 124 Å². The second-order valence-corrected chi connectivity index (χ2v) is 6.65. The molecule has 2 nitrogen and oxygen atoms in total. The van der Waals surface area contributed by atoms with Crippen LogP contribution in [0.25, 0.3) is 0 Å². The average molecular weight is 287 g/mol. The molecule has 0 amide bonds. The molecule has 1 aromatic carbocycles. The molecular weight excluding hydrogens is 266 g/mol. The summed E-state index contributed by atoms with van der Waals surface area (Å²) in [4.78, 5) is 1.36. The minimum Gasteiger partial charge on any atom is -0.396 e. The van der Waals surface area contributed by atoms with Crippen LogP contribution in [0.2, 0.25) is 0 Å². The minimum absolute atomic E-state index is 0.255. The van der Waals surface area contributed by atoms with Crippen LogP contribution in [0, 0.1) is 5.92 Å². The van der Waals surface area contributed by atoms with Gasteiger partial charge in [0.25, 0.3) is 0 Å². The molecule has 0 radical (unpaired) electrons. The SMILES string of the molecule is OC[C@@H](CNC1Cc2ccccc2C1)Cc1cccs1. The number of thiophene rings is 1. The lowest BCUT2D eigenvalue weighted by Crippen LogP contribution is -2.35. The zero-order valence-corrected chi connectivity index (χ0v) is 12.4. The fourth-order valence-corrected chi connectivity index (χ4v) is 3.77. The monoisotopic (exact) mass is 287 g/mol. The smallest absolute Gasteiger partial charge is 0.0474 e. The zero-order valence-electron chi connectivity index (χ0n) is 11.6. The van der Waals surface area contributed by atoms with Gasteiger partial charge in [0, 0.05) is 24.1 Å². The van der Waals surface area contributed by atoms with Crippen molar-refractivity contribution in [2.24, 2.45) is 5.92 Å². The number of hydrogen-bond donors (Lipinski definition) is 2. The summed E-state index contributed by atoms with van der Waals surface area (Å²) in [6, 6.07) is 13.5. The van der Waals surface area contributed by atoms with Gasteiger partial charge in [-0.05, 0) is 47.8 Å². The summed E-state index contributed by atoms with van der Waals surface area (Å²) in [5, 5.41) is 15.3. The maximum absolute atomic E-state index is 9.54. The highest BCUT2D eigenvalue weighted by Gasteiger charge is 2.21. The lowest BCUT2D eigenvalue weighted by molar-refractivity contribution is 0.219. The third kappa shape index (κ3) is 3.29. The van der Waals surface area contributed by atoms with Gasteiger partial charge < -0.3 is 10.4 Å². The van der Waals surface area contributed by atoms with E-state index in [1.165, 1.54) is 16.0 Å². The van der Waals surface area contributed by atoms with Gasteiger partial charge in [-0.25, -0.2) is 0 Å². The Morgan fingerprint density at radius 3 is 2.50 bits per heavy atom. The van der Waals surface area contributed by atoms with E-state index in [-0.39, 0.29) is 6.61 Å². The maximum Gasteiger partial charge on any atom is 0.0474 e. The second kappa shape index (κ2) is 6.53. The fourth-order valence-electron chi connectivity index (χ4n) is 2.95. The van der Waals surface area contributed by atoms with Crippen LogP contribution in [-0.4, -0.2) is 24.3 Å². The normalized spacial score (nSPS) is 16.2. The topological polar surface area (TPSA) is 32.3 Å². The predicted molar refractivity (Wildman–Crippen MR) is 84.2 cm³/mol. The second-order valence-electron chi connectivity index (χ2n) is 5.61. The van der Waals surface area contributed by atoms with Gasteiger partial charge in [0.15, 0.2) is 0 Å². The molecule has 2 N–H and O–H groups in total. The first kappa shape index (κ1) is 13.8. The van der Waals surface area contributed by atoms with E-state index in [4.69, 9.17) is 0 Å². The van der Waals surface area contributed by atoms with Gasteiger partial charge in [-0.1, -0.05) is 30.3 Å². The van der Waals surface area contributed by atoms with E-state index in [0.717, 1.165) is 25.8 Å². The first-order valence-electron chi connectivity index (χ1n) is 7.28. The van der Waals surface area contributed by atoms with Crippen LogP contribution in [0.4, 0.5) is 0 Å². The highest BCUT2D eigenvalue weighted by Crippen LogP contribution is 2.22. The average Bonchev–Trinajstić information content (AvgIpc) is 3.12. The first-order chi connectivity index (χ1) is 9.85. The third-order valence-electron chi connectivity index (χ3n) is 4.07. The van der Waals surface area contributed by atoms with E-state index in [1.54, 1.807) is 11.3 Å². The van der Waals surface area contributed by atoms with Crippen molar-refractivity contribution in [2.75, 3.05) is 13.2 Å². The summed E-state index contributed by atoms with van der Waals surface area (Å²) in [5.41, 5.74) is 2.95. The number of benzene rings is 1. The van der Waals surface area contributed by atoms with Gasteiger partial charge in [-0.2, -0.15) is 0 Å². The van der Waals surface area contributed by atoms with Crippen molar-refractivity contribution in [1.29, 1.82) is 0 Å². The molecule has 20 heavy (non-hydrogen) atoms. The van der Waals surface area contributed by atoms with E-state index in [0.29, 0.717) is 12.0 Å². The van der Waals surface area contributed by atoms with Crippen molar-refractivity contribution in [3.8, 4) is 0 Å². The van der Waals surface area contributed by atoms with Gasteiger partial charge in [0.1, 0.15) is 0 Å². The summed E-state index contributed by atoms with van der Waals surface area (Å²) in [6.07, 6.45) is 3.21. The summed E-state index contributed by atoms with van der Waals surface area (Å²) in [6.45, 7) is 1.15. The Bertz CT molecular complexity index is 508. The highest BCUT2D eigenvalue weighted by molar-refractivity contribution is 7.09. The summed E-state index contributed by atoms with van der Waals surface area (Å²) >= 11 is 1.78. The molecule has 0 fully saturated rings. The molecule has 0 aliphatic heterocycles. The predicted octanol–water partition coefficient (Wildman–Crippen LogP) is 2.66. The molecule has 1 aromatic heterocycles. The quantitative estimate of drug-likeness (QED) is 0.856. The zero-order chi connectivity index (χ0) is 13.8. The van der Waals surface area contributed by atoms with Crippen molar-refractivity contribution >= 4 is 11.3 Å². The van der Waals surface area contributed by atoms with Gasteiger partial charge in [-0.15, -0.1) is 11.3 Å². The molecule has 3 heteroatoms. The Morgan fingerprint density at radius 2 is 1.90 bits per heavy atom. The Balaban J connectivity index is 1.50. The molecule has 0 saturated heterocycles. The van der Waals surface area contributed by atoms with Crippen molar-refractivity contribution in [1.82, 2.24) is 5.32 Å². The van der Waals surface area contributed by atoms with Gasteiger partial charge in [-0.3, -0.25) is 0 Å². The number of nitrogens with one attached hydrogen (secondary N) is 1. The number of rotatable bonds is 6. The van der Waals surface area contributed by atoms with Gasteiger partial charge in [0.05, 0.1) is 0 Å². The Kier molecular flexibility index (Phi) is 4.51. The number of hydrogen-bond acceptors (Lipinski definition) is 3. The van der Waals surface area contributed by atoms with Crippen molar-refractivity contribution in [3.63, 3.8) is 0 Å². The standard InChI is InChI=1S/C17H21NOS/c19-12-13(8-17-6-3-7-20-17)11-18-16-9-14-4-1-2-5-15(14)10-16/h1-7,13,16,18-19H,8-12H2/t13-/m1/s1. The Hall–Kier alpha value is -1.16. The highest BCUT2D eigenvalue weighted by atomic mass is 32.1. The lowest BCUT2D eigenvalue weighted by atomic mass is 10.0. The van der Waals surface area contributed by atoms with Crippen LogP contribution >= 0.6 is 11.3 Å². The number of aliphatic hydroxyl groups excluding tert-OH is 1. The summed E-state index contributed by atoms with van der Waals surface area (Å²) in [5.74, 6) is 0.317. The first-order valence-corrected chi connectivity index (χ1v) is 8.16. The summed E-state index contributed by atoms with van der Waals surface area (Å²) < 4.78 is 0. The van der Waals surface area contributed by atoms with E-state index >= 15 is 0 Å². The van der Waals surface area contributed by atoms with E-state index in [9.17, 15) is 5.11 Å². The number of aliphatic hydroxyl groups is 1. The van der Waals surface area contributed by atoms with E-state index < -0.39 is 0 Å². The summed E-state index contributed by atoms with van der Waals surface area (Å²) in [7, 11) is 0. The molecule has 0 spiro atoms. The molecule has 1 heterocycles. The van der Waals surface area contributed by atoms with Crippen LogP contribution < -0.4 is 5.32 Å². The molecule has 1 aliphatic carbocycles. The van der Waals surface area contributed by atoms with Gasteiger partial charge >= 0.3 is 0 Å². The van der Waals surface area contributed by atoms with E-state index in [2.05, 4.69) is 47.1 Å². The molecule has 0 saturated carbocycles. The van der Waals surface area contributed by atoms with Crippen molar-refractivity contribution < 1.29 is 5.11 Å². The fraction of sp³-hybridized carbons (Fsp3) is 0.412. The molecule has 1 aliphatic rings. The third-order valence-corrected chi connectivity index (χ3v) is 4.97. The molecule has 2 aromatic rings. The Morgan fingerprint density at radius 1 is 1.15 bits per heavy atom. The largest absolute Gasteiger partial charge is 0.396 e. The molecule has 3 rings (SSSR count). The van der Waals surface area contributed by atoms with Crippen LogP contribution in [0.5, 0.6) is 0 Å². The minimum atomic E-state index is 0.255. The van der Waals surface area contributed by atoms with Crippen LogP contribution in [0.3, 0.4) is 0 Å². The molecule has 106 valence electrons. The molecule has 1 atom stereocenters. The van der Waals surface area contributed by atoms with Crippen LogP contribution in [0.1, 0.15) is 16.0 Å². The number of fused-ring (bicyclic) bond motifs is 1. The molecule has 0 bridgehead atoms. The van der Waals surface area contributed by atoms with Crippen LogP contribution in [0.15, 0.2) is 41.8 Å². The van der Waals surface area contributed by atoms with E-state index in [1.807, 2.05) is 0 Å². The van der Waals surface area contributed by atoms with Crippen molar-refractivity contribution in [2.45, 2.75) is 25.3 Å². The van der Waals surface area contributed by atoms with Crippen molar-refractivity contribution in [3.05, 3.63) is 57.8 Å². The van der Waals surface area contributed by atoms with Gasteiger partial charge in [0.2, 0.25) is 0 Å². The molecular formula is C17H21NOS. The molecule has 0 unspecified atom stereocenters. The van der Waals surface area contributed by atoms with Crippen LogP contribution in [-0.2, 0) is 19.3 Å². The maximum atomic E-state index is 9.54. The lowest BCUT2D eigenvalue weighted by Gasteiger charge is -2.18.